The molecule has 2 saturated heterocycles. The van der Waals surface area contributed by atoms with Crippen molar-refractivity contribution in [2.24, 2.45) is 11.8 Å². The molecular weight excluding hydrogens is 407 g/mol. The van der Waals surface area contributed by atoms with Crippen LogP contribution in [-0.4, -0.2) is 46.8 Å². The zero-order chi connectivity index (χ0) is 18.4. The molecule has 0 aliphatic carbocycles. The Hall–Kier alpha value is -1.27. The minimum Gasteiger partial charge on any atom is -0.342 e. The van der Waals surface area contributed by atoms with Gasteiger partial charge in [-0.15, -0.1) is 12.4 Å². The van der Waals surface area contributed by atoms with Gasteiger partial charge >= 0.3 is 0 Å². The number of halogens is 3. The number of carbonyl (C=O) groups excluding carboxylic acids is 1. The highest BCUT2D eigenvalue weighted by Crippen LogP contribution is 2.29. The normalized spacial score (nSPS) is 21.3. The van der Waals surface area contributed by atoms with Crippen molar-refractivity contribution in [2.75, 3.05) is 26.2 Å². The molecule has 0 spiro atoms. The van der Waals surface area contributed by atoms with Crippen LogP contribution in [0.15, 0.2) is 18.2 Å². The van der Waals surface area contributed by atoms with Crippen LogP contribution in [0.5, 0.6) is 0 Å². The number of aryl methyl sites for hydroxylation is 1. The fourth-order valence-corrected chi connectivity index (χ4v) is 4.41. The lowest BCUT2D eigenvalue weighted by Crippen LogP contribution is -2.33. The molecule has 2 atom stereocenters. The van der Waals surface area contributed by atoms with Gasteiger partial charge in [-0.25, -0.2) is 4.68 Å². The van der Waals surface area contributed by atoms with Gasteiger partial charge in [0, 0.05) is 37.4 Å². The zero-order valence-electron chi connectivity index (χ0n) is 15.3. The number of amides is 1. The van der Waals surface area contributed by atoms with Crippen LogP contribution in [0.1, 0.15) is 17.0 Å². The summed E-state index contributed by atoms with van der Waals surface area (Å²) in [6.07, 6.45) is 0.395. The third-order valence-electron chi connectivity index (χ3n) is 5.66. The van der Waals surface area contributed by atoms with Crippen molar-refractivity contribution in [2.45, 2.75) is 20.3 Å². The summed E-state index contributed by atoms with van der Waals surface area (Å²) in [5.74, 6) is 1.42. The second-order valence-electron chi connectivity index (χ2n) is 7.31. The average Bonchev–Trinajstić information content (AvgIpc) is 3.27. The van der Waals surface area contributed by atoms with Gasteiger partial charge in [0.25, 0.3) is 0 Å². The summed E-state index contributed by atoms with van der Waals surface area (Å²) >= 11 is 12.2. The number of rotatable bonds is 3. The molecule has 1 aromatic carbocycles. The summed E-state index contributed by atoms with van der Waals surface area (Å²) < 4.78 is 1.84. The Morgan fingerprint density at radius 2 is 1.85 bits per heavy atom. The third-order valence-corrected chi connectivity index (χ3v) is 6.40. The maximum absolute atomic E-state index is 12.8. The first-order valence-electron chi connectivity index (χ1n) is 8.93. The number of aromatic nitrogens is 2. The maximum Gasteiger partial charge on any atom is 0.227 e. The zero-order valence-corrected chi connectivity index (χ0v) is 17.7. The lowest BCUT2D eigenvalue weighted by molar-refractivity contribution is -0.129. The van der Waals surface area contributed by atoms with Crippen molar-refractivity contribution in [3.05, 3.63) is 45.2 Å². The van der Waals surface area contributed by atoms with E-state index in [4.69, 9.17) is 23.2 Å². The van der Waals surface area contributed by atoms with E-state index in [1.807, 2.05) is 29.5 Å². The second kappa shape index (κ2) is 8.00. The molecule has 0 radical (unpaired) electrons. The van der Waals surface area contributed by atoms with Gasteiger partial charge in [0.05, 0.1) is 27.8 Å². The van der Waals surface area contributed by atoms with E-state index < -0.39 is 0 Å². The van der Waals surface area contributed by atoms with Crippen molar-refractivity contribution in [1.29, 1.82) is 0 Å². The van der Waals surface area contributed by atoms with Crippen molar-refractivity contribution in [3.63, 3.8) is 0 Å². The van der Waals surface area contributed by atoms with Gasteiger partial charge in [0.2, 0.25) is 5.91 Å². The molecule has 2 aromatic rings. The number of fused-ring (bicyclic) bond motifs is 1. The SMILES string of the molecule is Cc1nn(-c2ccc(Cl)c(Cl)c2)c(C)c1CC(=O)N1C[C@H]2CNC[C@H]2C1.Cl. The summed E-state index contributed by atoms with van der Waals surface area (Å²) in [6.45, 7) is 7.74. The molecule has 2 aliphatic heterocycles. The van der Waals surface area contributed by atoms with Crippen molar-refractivity contribution in [3.8, 4) is 5.69 Å². The lowest BCUT2D eigenvalue weighted by Gasteiger charge is -2.17. The molecular formula is C19H23Cl3N4O. The standard InChI is InChI=1S/C19H22Cl2N4O.ClH/c1-11-16(6-19(26)24-9-13-7-22-8-14(13)10-24)12(2)25(23-11)15-3-4-17(20)18(21)5-15;/h3-5,13-14,22H,6-10H2,1-2H3;1H/t13-,14+;. The van der Waals surface area contributed by atoms with E-state index in [2.05, 4.69) is 10.4 Å². The summed E-state index contributed by atoms with van der Waals surface area (Å²) in [6, 6.07) is 5.44. The summed E-state index contributed by atoms with van der Waals surface area (Å²) in [7, 11) is 0. The molecule has 5 nitrogen and oxygen atoms in total. The Morgan fingerprint density at radius 1 is 1.19 bits per heavy atom. The van der Waals surface area contributed by atoms with Crippen LogP contribution >= 0.6 is 35.6 Å². The van der Waals surface area contributed by atoms with Crippen molar-refractivity contribution in [1.82, 2.24) is 20.0 Å². The molecule has 4 rings (SSSR count). The molecule has 3 heterocycles. The molecule has 8 heteroatoms. The van der Waals surface area contributed by atoms with Crippen LogP contribution in [0, 0.1) is 25.7 Å². The van der Waals surface area contributed by atoms with Crippen LogP contribution in [0.3, 0.4) is 0 Å². The molecule has 2 fully saturated rings. The number of benzene rings is 1. The first-order valence-corrected chi connectivity index (χ1v) is 9.68. The molecule has 1 aromatic heterocycles. The van der Waals surface area contributed by atoms with Crippen molar-refractivity contribution < 1.29 is 4.79 Å². The molecule has 0 saturated carbocycles. The van der Waals surface area contributed by atoms with E-state index in [9.17, 15) is 4.79 Å². The Morgan fingerprint density at radius 3 is 2.48 bits per heavy atom. The fourth-order valence-electron chi connectivity index (χ4n) is 4.12. The molecule has 1 N–H and O–H groups in total. The highest BCUT2D eigenvalue weighted by atomic mass is 35.5. The average molecular weight is 430 g/mol. The second-order valence-corrected chi connectivity index (χ2v) is 8.13. The van der Waals surface area contributed by atoms with E-state index in [1.165, 1.54) is 0 Å². The molecule has 146 valence electrons. The van der Waals surface area contributed by atoms with E-state index in [-0.39, 0.29) is 18.3 Å². The first kappa shape index (κ1) is 20.5. The van der Waals surface area contributed by atoms with Crippen molar-refractivity contribution >= 4 is 41.5 Å². The minimum absolute atomic E-state index is 0. The molecule has 1 amide bonds. The molecule has 0 unspecified atom stereocenters. The number of hydrogen-bond donors (Lipinski definition) is 1. The molecule has 0 bridgehead atoms. The Labute approximate surface area is 175 Å². The van der Waals surface area contributed by atoms with E-state index in [1.54, 1.807) is 12.1 Å². The van der Waals surface area contributed by atoms with Crippen LogP contribution in [0.25, 0.3) is 5.69 Å². The Kier molecular flexibility index (Phi) is 6.06. The predicted octanol–water partition coefficient (Wildman–Crippen LogP) is 3.44. The van der Waals surface area contributed by atoms with Gasteiger partial charge < -0.3 is 10.2 Å². The van der Waals surface area contributed by atoms with Gasteiger partial charge in [-0.1, -0.05) is 23.2 Å². The van der Waals surface area contributed by atoms with Gasteiger partial charge in [-0.3, -0.25) is 4.79 Å². The van der Waals surface area contributed by atoms with E-state index >= 15 is 0 Å². The van der Waals surface area contributed by atoms with Crippen LogP contribution < -0.4 is 5.32 Å². The van der Waals surface area contributed by atoms with E-state index in [0.29, 0.717) is 28.3 Å². The largest absolute Gasteiger partial charge is 0.342 e. The topological polar surface area (TPSA) is 50.2 Å². The fraction of sp³-hybridized carbons (Fsp3) is 0.474. The highest BCUT2D eigenvalue weighted by molar-refractivity contribution is 6.42. The highest BCUT2D eigenvalue weighted by Gasteiger charge is 2.38. The van der Waals surface area contributed by atoms with E-state index in [0.717, 1.165) is 48.8 Å². The van der Waals surface area contributed by atoms with Crippen LogP contribution in [0.4, 0.5) is 0 Å². The quantitative estimate of drug-likeness (QED) is 0.813. The summed E-state index contributed by atoms with van der Waals surface area (Å²) in [5.41, 5.74) is 3.69. The maximum atomic E-state index is 12.8. The number of nitrogens with one attached hydrogen (secondary N) is 1. The van der Waals surface area contributed by atoms with Gasteiger partial charge in [-0.2, -0.15) is 5.10 Å². The lowest BCUT2D eigenvalue weighted by atomic mass is 10.0. The molecule has 2 aliphatic rings. The van der Waals surface area contributed by atoms with Gasteiger partial charge in [0.1, 0.15) is 0 Å². The number of hydrogen-bond acceptors (Lipinski definition) is 3. The summed E-state index contributed by atoms with van der Waals surface area (Å²) in [4.78, 5) is 14.8. The number of nitrogens with zero attached hydrogens (tertiary/aromatic N) is 3. The van der Waals surface area contributed by atoms with Crippen LogP contribution in [0.2, 0.25) is 10.0 Å². The van der Waals surface area contributed by atoms with Gasteiger partial charge in [0.15, 0.2) is 0 Å². The minimum atomic E-state index is 0. The summed E-state index contributed by atoms with van der Waals surface area (Å²) in [5, 5.41) is 9.04. The smallest absolute Gasteiger partial charge is 0.227 e. The number of carbonyl (C=O) groups is 1. The monoisotopic (exact) mass is 428 g/mol. The Balaban J connectivity index is 0.00000210. The predicted molar refractivity (Wildman–Crippen MR) is 110 cm³/mol. The third kappa shape index (κ3) is 3.83. The molecule has 27 heavy (non-hydrogen) atoms. The Bertz CT molecular complexity index is 855. The van der Waals surface area contributed by atoms with Crippen LogP contribution in [-0.2, 0) is 11.2 Å². The first-order chi connectivity index (χ1) is 12.4. The number of likely N-dealkylation sites (tertiary alicyclic amines) is 1. The van der Waals surface area contributed by atoms with Gasteiger partial charge in [-0.05, 0) is 43.9 Å².